The third-order valence-electron chi connectivity index (χ3n) is 8.65. The van der Waals surface area contributed by atoms with Crippen LogP contribution in [0, 0.1) is 0 Å². The van der Waals surface area contributed by atoms with Crippen LogP contribution in [0.3, 0.4) is 0 Å². The maximum Gasteiger partial charge on any atom is 0.319 e. The number of hydrogen-bond acceptors (Lipinski definition) is 7. The van der Waals surface area contributed by atoms with Crippen LogP contribution in [0.2, 0.25) is 0 Å². The van der Waals surface area contributed by atoms with Gasteiger partial charge in [0, 0.05) is 54.5 Å². The summed E-state index contributed by atoms with van der Waals surface area (Å²) in [5, 5.41) is 4.87. The van der Waals surface area contributed by atoms with Gasteiger partial charge < -0.3 is 24.8 Å². The van der Waals surface area contributed by atoms with Crippen molar-refractivity contribution in [3.05, 3.63) is 48.0 Å². The number of aryl methyl sites for hydroxylation is 1. The Hall–Kier alpha value is -2.90. The minimum absolute atomic E-state index is 0.443. The Morgan fingerprint density at radius 1 is 0.972 bits per heavy atom. The topological polar surface area (TPSA) is 56.8 Å². The summed E-state index contributed by atoms with van der Waals surface area (Å²) in [7, 11) is 2.19. The molecule has 0 spiro atoms. The largest absolute Gasteiger partial charge is 0.462 e. The molecule has 36 heavy (non-hydrogen) atoms. The standard InChI is InChI=1S/C29H36N6O/c1-33-14-5-8-24(33)19-36-29-31-26-16-23(35-15-4-7-20-6-2-3-9-27(20)35)12-13-25(26)28(32-29)34-17-21-10-11-22(18-34)30-21/h2-3,6,9,12-13,16,21-22,24,30H,4-5,7-8,10-11,14-15,17-19H2,1H3. The van der Waals surface area contributed by atoms with Gasteiger partial charge in [-0.25, -0.2) is 0 Å². The van der Waals surface area contributed by atoms with E-state index in [1.165, 1.54) is 42.6 Å². The number of piperazine rings is 1. The van der Waals surface area contributed by atoms with Crippen LogP contribution in [0.15, 0.2) is 42.5 Å². The van der Waals surface area contributed by atoms with Crippen molar-refractivity contribution in [2.24, 2.45) is 0 Å². The summed E-state index contributed by atoms with van der Waals surface area (Å²) in [6.07, 6.45) is 7.22. The lowest BCUT2D eigenvalue weighted by atomic mass is 10.0. The molecule has 1 aromatic heterocycles. The Kier molecular flexibility index (Phi) is 5.70. The predicted octanol–water partition coefficient (Wildman–Crippen LogP) is 4.13. The summed E-state index contributed by atoms with van der Waals surface area (Å²) >= 11 is 0. The molecule has 1 N–H and O–H groups in total. The fraction of sp³-hybridized carbons (Fsp3) is 0.517. The molecule has 4 aliphatic heterocycles. The average molecular weight is 485 g/mol. The fourth-order valence-corrected chi connectivity index (χ4v) is 6.69. The Bertz CT molecular complexity index is 1250. The first-order valence-electron chi connectivity index (χ1n) is 13.7. The summed E-state index contributed by atoms with van der Waals surface area (Å²) in [6.45, 7) is 4.80. The Morgan fingerprint density at radius 2 is 1.83 bits per heavy atom. The molecular formula is C29H36N6O. The van der Waals surface area contributed by atoms with Gasteiger partial charge in [0.05, 0.1) is 5.52 Å². The van der Waals surface area contributed by atoms with E-state index in [0.29, 0.717) is 30.7 Å². The molecule has 3 fully saturated rings. The molecule has 3 saturated heterocycles. The first-order chi connectivity index (χ1) is 17.7. The van der Waals surface area contributed by atoms with Crippen molar-refractivity contribution in [3.63, 3.8) is 0 Å². The van der Waals surface area contributed by atoms with Crippen molar-refractivity contribution < 1.29 is 4.74 Å². The molecule has 0 amide bonds. The van der Waals surface area contributed by atoms with Crippen LogP contribution >= 0.6 is 0 Å². The fourth-order valence-electron chi connectivity index (χ4n) is 6.69. The normalized spacial score (nSPS) is 26.0. The number of benzene rings is 2. The van der Waals surface area contributed by atoms with Crippen LogP contribution in [-0.2, 0) is 6.42 Å². The molecule has 7 heteroatoms. The van der Waals surface area contributed by atoms with Crippen LogP contribution in [0.4, 0.5) is 17.2 Å². The van der Waals surface area contributed by atoms with Crippen LogP contribution < -0.4 is 19.9 Å². The molecule has 7 rings (SSSR count). The average Bonchev–Trinajstić information content (AvgIpc) is 3.49. The summed E-state index contributed by atoms with van der Waals surface area (Å²) in [4.78, 5) is 17.3. The van der Waals surface area contributed by atoms with Gasteiger partial charge in [-0.05, 0) is 81.9 Å². The van der Waals surface area contributed by atoms with Crippen LogP contribution in [0.25, 0.3) is 10.9 Å². The highest BCUT2D eigenvalue weighted by Crippen LogP contribution is 2.37. The molecule has 2 bridgehead atoms. The molecule has 3 atom stereocenters. The van der Waals surface area contributed by atoms with E-state index in [4.69, 9.17) is 14.7 Å². The van der Waals surface area contributed by atoms with Crippen molar-refractivity contribution in [2.75, 3.05) is 49.6 Å². The van der Waals surface area contributed by atoms with Crippen molar-refractivity contribution in [1.82, 2.24) is 20.2 Å². The maximum absolute atomic E-state index is 6.29. The Labute approximate surface area is 213 Å². The predicted molar refractivity (Wildman–Crippen MR) is 145 cm³/mol. The van der Waals surface area contributed by atoms with Crippen molar-refractivity contribution >= 4 is 28.1 Å². The van der Waals surface area contributed by atoms with Gasteiger partial charge in [0.2, 0.25) is 0 Å². The van der Waals surface area contributed by atoms with Crippen molar-refractivity contribution in [3.8, 4) is 6.01 Å². The SMILES string of the molecule is CN1CCCC1COc1nc(N2CC3CCC(C2)N3)c2ccc(N3CCCc4ccccc43)cc2n1. The zero-order valence-electron chi connectivity index (χ0n) is 21.2. The molecule has 188 valence electrons. The molecule has 7 nitrogen and oxygen atoms in total. The van der Waals surface area contributed by atoms with Gasteiger partial charge in [-0.15, -0.1) is 0 Å². The van der Waals surface area contributed by atoms with E-state index < -0.39 is 0 Å². The van der Waals surface area contributed by atoms with E-state index in [1.54, 1.807) is 0 Å². The summed E-state index contributed by atoms with van der Waals surface area (Å²) in [6, 6.07) is 17.6. The van der Waals surface area contributed by atoms with Gasteiger partial charge >= 0.3 is 6.01 Å². The van der Waals surface area contributed by atoms with E-state index >= 15 is 0 Å². The number of hydrogen-bond donors (Lipinski definition) is 1. The Morgan fingerprint density at radius 3 is 2.67 bits per heavy atom. The van der Waals surface area contributed by atoms with Crippen molar-refractivity contribution in [1.29, 1.82) is 0 Å². The minimum Gasteiger partial charge on any atom is -0.462 e. The molecule has 2 aromatic carbocycles. The van der Waals surface area contributed by atoms with E-state index in [-0.39, 0.29) is 0 Å². The molecule has 3 aromatic rings. The number of likely N-dealkylation sites (N-methyl/N-ethyl adjacent to an activating group) is 1. The van der Waals surface area contributed by atoms with Crippen LogP contribution in [-0.4, -0.2) is 72.8 Å². The molecule has 5 heterocycles. The second kappa shape index (κ2) is 9.20. The van der Waals surface area contributed by atoms with E-state index in [9.17, 15) is 0 Å². The zero-order valence-corrected chi connectivity index (χ0v) is 21.2. The summed E-state index contributed by atoms with van der Waals surface area (Å²) < 4.78 is 6.29. The van der Waals surface area contributed by atoms with Gasteiger partial charge in [-0.2, -0.15) is 9.97 Å². The number of rotatable bonds is 5. The first-order valence-corrected chi connectivity index (χ1v) is 13.7. The molecule has 0 saturated carbocycles. The molecular weight excluding hydrogens is 448 g/mol. The smallest absolute Gasteiger partial charge is 0.319 e. The van der Waals surface area contributed by atoms with E-state index in [0.717, 1.165) is 55.7 Å². The van der Waals surface area contributed by atoms with Gasteiger partial charge in [0.1, 0.15) is 12.4 Å². The van der Waals surface area contributed by atoms with E-state index in [1.807, 2.05) is 0 Å². The van der Waals surface area contributed by atoms with Crippen molar-refractivity contribution in [2.45, 2.75) is 56.7 Å². The highest BCUT2D eigenvalue weighted by atomic mass is 16.5. The highest BCUT2D eigenvalue weighted by Gasteiger charge is 2.34. The quantitative estimate of drug-likeness (QED) is 0.584. The summed E-state index contributed by atoms with van der Waals surface area (Å²) in [5.74, 6) is 1.03. The number of anilines is 3. The number of aromatic nitrogens is 2. The zero-order chi connectivity index (χ0) is 24.1. The first kappa shape index (κ1) is 22.3. The Balaban J connectivity index is 1.26. The summed E-state index contributed by atoms with van der Waals surface area (Å²) in [5.41, 5.74) is 4.91. The third-order valence-corrected chi connectivity index (χ3v) is 8.65. The number of nitrogens with zero attached hydrogens (tertiary/aromatic N) is 5. The van der Waals surface area contributed by atoms with Crippen LogP contribution in [0.1, 0.15) is 37.7 Å². The number of nitrogens with one attached hydrogen (secondary N) is 1. The van der Waals surface area contributed by atoms with Gasteiger partial charge in [0.15, 0.2) is 0 Å². The van der Waals surface area contributed by atoms with Gasteiger partial charge in [-0.3, -0.25) is 0 Å². The maximum atomic E-state index is 6.29. The second-order valence-corrected chi connectivity index (χ2v) is 11.0. The van der Waals surface area contributed by atoms with Gasteiger partial charge in [-0.1, -0.05) is 18.2 Å². The number of ether oxygens (including phenoxy) is 1. The molecule has 0 radical (unpaired) electrons. The third kappa shape index (κ3) is 4.08. The number of para-hydroxylation sites is 1. The molecule has 0 aliphatic carbocycles. The van der Waals surface area contributed by atoms with Gasteiger partial charge in [0.25, 0.3) is 0 Å². The number of likely N-dealkylation sites (tertiary alicyclic amines) is 1. The molecule has 3 unspecified atom stereocenters. The van der Waals surface area contributed by atoms with Crippen LogP contribution in [0.5, 0.6) is 6.01 Å². The second-order valence-electron chi connectivity index (χ2n) is 11.0. The lowest BCUT2D eigenvalue weighted by molar-refractivity contribution is 0.188. The number of fused-ring (bicyclic) bond motifs is 4. The monoisotopic (exact) mass is 484 g/mol. The minimum atomic E-state index is 0.443. The van der Waals surface area contributed by atoms with E-state index in [2.05, 4.69) is 69.5 Å². The molecule has 4 aliphatic rings. The lowest BCUT2D eigenvalue weighted by Crippen LogP contribution is -2.51. The lowest BCUT2D eigenvalue weighted by Gasteiger charge is -2.34. The highest BCUT2D eigenvalue weighted by molar-refractivity contribution is 5.93.